The van der Waals surface area contributed by atoms with E-state index in [0.29, 0.717) is 0 Å². The molecule has 1 N–H and O–H groups in total. The summed E-state index contributed by atoms with van der Waals surface area (Å²) in [6, 6.07) is 0.232. The molecule has 4 saturated carbocycles. The maximum Gasteiger partial charge on any atom is 0.322 e. The number of rotatable bonds is 2. The van der Waals surface area contributed by atoms with Gasteiger partial charge in [0.2, 0.25) is 12.3 Å². The first-order valence-corrected chi connectivity index (χ1v) is 6.81. The average Bonchev–Trinajstić information content (AvgIpc) is 2.79. The fourth-order valence-corrected chi connectivity index (χ4v) is 4.85. The predicted molar refractivity (Wildman–Crippen MR) is 63.5 cm³/mol. The molecular weight excluding hydrogens is 230 g/mol. The van der Waals surface area contributed by atoms with Gasteiger partial charge in [0.1, 0.15) is 0 Å². The Kier molecular flexibility index (Phi) is 2.08. The van der Waals surface area contributed by atoms with Crippen LogP contribution in [0.1, 0.15) is 38.5 Å². The molecule has 18 heavy (non-hydrogen) atoms. The molecule has 5 rings (SSSR count). The lowest BCUT2D eigenvalue weighted by molar-refractivity contribution is -0.140. The summed E-state index contributed by atoms with van der Waals surface area (Å²) in [5, 5.41) is 10.1. The molecular formula is C13H17N3O2. The second-order valence-corrected chi connectivity index (χ2v) is 6.40. The molecule has 0 aromatic carbocycles. The summed E-state index contributed by atoms with van der Waals surface area (Å²) >= 11 is 0. The van der Waals surface area contributed by atoms with Crippen LogP contribution in [-0.2, 0) is 4.79 Å². The summed E-state index contributed by atoms with van der Waals surface area (Å²) in [6.07, 6.45) is 8.43. The van der Waals surface area contributed by atoms with E-state index in [1.54, 1.807) is 0 Å². The van der Waals surface area contributed by atoms with Gasteiger partial charge in [-0.2, -0.15) is 0 Å². The van der Waals surface area contributed by atoms with Crippen molar-refractivity contribution < 1.29 is 9.21 Å². The summed E-state index contributed by atoms with van der Waals surface area (Å²) in [5.74, 6) is 2.41. The molecule has 0 aliphatic heterocycles. The Hall–Kier alpha value is -1.39. The Bertz CT molecular complexity index is 433. The molecule has 1 amide bonds. The number of amides is 1. The minimum absolute atomic E-state index is 0.103. The minimum Gasteiger partial charge on any atom is -0.411 e. The van der Waals surface area contributed by atoms with Gasteiger partial charge in [0.25, 0.3) is 0 Å². The van der Waals surface area contributed by atoms with Gasteiger partial charge >= 0.3 is 6.01 Å². The second-order valence-electron chi connectivity index (χ2n) is 6.40. The molecule has 0 radical (unpaired) electrons. The minimum atomic E-state index is -0.150. The SMILES string of the molecule is O=C(Nc1nnco1)C12CC3CC(CC(C3)C1)C2. The molecule has 0 saturated heterocycles. The van der Waals surface area contributed by atoms with E-state index in [-0.39, 0.29) is 17.3 Å². The second kappa shape index (κ2) is 3.56. The van der Waals surface area contributed by atoms with Crippen LogP contribution in [0.25, 0.3) is 0 Å². The molecule has 0 atom stereocenters. The third-order valence-electron chi connectivity index (χ3n) is 5.10. The smallest absolute Gasteiger partial charge is 0.322 e. The summed E-state index contributed by atoms with van der Waals surface area (Å²) in [6.45, 7) is 0. The van der Waals surface area contributed by atoms with Crippen molar-refractivity contribution in [1.29, 1.82) is 0 Å². The van der Waals surface area contributed by atoms with E-state index >= 15 is 0 Å². The van der Waals surface area contributed by atoms with Gasteiger partial charge in [0, 0.05) is 0 Å². The molecule has 4 fully saturated rings. The fraction of sp³-hybridized carbons (Fsp3) is 0.769. The summed E-state index contributed by atoms with van der Waals surface area (Å²) in [5.41, 5.74) is -0.150. The first kappa shape index (κ1) is 10.5. The van der Waals surface area contributed by atoms with Crippen LogP contribution in [0.5, 0.6) is 0 Å². The fourth-order valence-electron chi connectivity index (χ4n) is 4.85. The van der Waals surface area contributed by atoms with Crippen LogP contribution in [0, 0.1) is 23.2 Å². The van der Waals surface area contributed by atoms with Crippen molar-refractivity contribution in [2.75, 3.05) is 5.32 Å². The number of aromatic nitrogens is 2. The molecule has 0 unspecified atom stereocenters. The first-order chi connectivity index (χ1) is 8.73. The lowest BCUT2D eigenvalue weighted by Crippen LogP contribution is -2.51. The van der Waals surface area contributed by atoms with Crippen molar-refractivity contribution in [3.63, 3.8) is 0 Å². The van der Waals surface area contributed by atoms with Crippen LogP contribution in [0.2, 0.25) is 0 Å². The topological polar surface area (TPSA) is 68.0 Å². The van der Waals surface area contributed by atoms with E-state index in [4.69, 9.17) is 4.42 Å². The monoisotopic (exact) mass is 247 g/mol. The maximum absolute atomic E-state index is 12.5. The van der Waals surface area contributed by atoms with E-state index in [0.717, 1.165) is 37.0 Å². The van der Waals surface area contributed by atoms with Crippen LogP contribution in [0.3, 0.4) is 0 Å². The van der Waals surface area contributed by atoms with Gasteiger partial charge in [-0.25, -0.2) is 0 Å². The van der Waals surface area contributed by atoms with E-state index in [2.05, 4.69) is 15.5 Å². The molecule has 1 aromatic rings. The van der Waals surface area contributed by atoms with Gasteiger partial charge in [-0.1, -0.05) is 5.10 Å². The zero-order valence-corrected chi connectivity index (χ0v) is 10.3. The highest BCUT2D eigenvalue weighted by molar-refractivity contribution is 5.93. The third-order valence-corrected chi connectivity index (χ3v) is 5.10. The lowest BCUT2D eigenvalue weighted by atomic mass is 9.49. The van der Waals surface area contributed by atoms with Crippen molar-refractivity contribution in [2.45, 2.75) is 38.5 Å². The van der Waals surface area contributed by atoms with Gasteiger partial charge in [-0.05, 0) is 56.3 Å². The molecule has 4 bridgehead atoms. The van der Waals surface area contributed by atoms with Crippen molar-refractivity contribution in [3.05, 3.63) is 6.39 Å². The number of carbonyl (C=O) groups excluding carboxylic acids is 1. The van der Waals surface area contributed by atoms with Crippen LogP contribution in [0.4, 0.5) is 6.01 Å². The number of nitrogens with one attached hydrogen (secondary N) is 1. The third kappa shape index (κ3) is 1.49. The first-order valence-electron chi connectivity index (χ1n) is 6.81. The molecule has 5 nitrogen and oxygen atoms in total. The Labute approximate surface area is 105 Å². The van der Waals surface area contributed by atoms with Gasteiger partial charge in [-0.15, -0.1) is 5.10 Å². The standard InChI is InChI=1S/C13H17N3O2/c17-11(15-12-16-14-7-18-12)13-4-8-1-9(5-13)3-10(2-8)6-13/h7-10H,1-6H2,(H,15,16,17). The van der Waals surface area contributed by atoms with Gasteiger partial charge in [-0.3, -0.25) is 10.1 Å². The van der Waals surface area contributed by atoms with Crippen LogP contribution in [0.15, 0.2) is 10.8 Å². The largest absolute Gasteiger partial charge is 0.411 e. The highest BCUT2D eigenvalue weighted by Gasteiger charge is 2.54. The van der Waals surface area contributed by atoms with E-state index < -0.39 is 0 Å². The summed E-state index contributed by atoms with van der Waals surface area (Å²) in [4.78, 5) is 12.5. The Morgan fingerprint density at radius 3 is 2.33 bits per heavy atom. The van der Waals surface area contributed by atoms with Crippen LogP contribution < -0.4 is 5.32 Å². The molecule has 5 heteroatoms. The molecule has 1 aromatic heterocycles. The zero-order chi connectivity index (χ0) is 12.2. The summed E-state index contributed by atoms with van der Waals surface area (Å²) < 4.78 is 5.01. The van der Waals surface area contributed by atoms with Gasteiger partial charge in [0.05, 0.1) is 5.41 Å². The molecule has 1 heterocycles. The Balaban J connectivity index is 1.58. The normalized spacial score (nSPS) is 41.0. The van der Waals surface area contributed by atoms with Gasteiger partial charge < -0.3 is 4.42 Å². The number of carbonyl (C=O) groups is 1. The van der Waals surface area contributed by atoms with Crippen LogP contribution in [-0.4, -0.2) is 16.1 Å². The molecule has 4 aliphatic carbocycles. The quantitative estimate of drug-likeness (QED) is 0.870. The van der Waals surface area contributed by atoms with Crippen molar-refractivity contribution in [1.82, 2.24) is 10.2 Å². The number of hydrogen-bond acceptors (Lipinski definition) is 4. The highest BCUT2D eigenvalue weighted by Crippen LogP contribution is 2.60. The highest BCUT2D eigenvalue weighted by atomic mass is 16.4. The van der Waals surface area contributed by atoms with Crippen molar-refractivity contribution in [2.24, 2.45) is 23.2 Å². The lowest BCUT2D eigenvalue weighted by Gasteiger charge is -2.55. The zero-order valence-electron chi connectivity index (χ0n) is 10.3. The van der Waals surface area contributed by atoms with E-state index in [1.807, 2.05) is 0 Å². The maximum atomic E-state index is 12.5. The van der Waals surface area contributed by atoms with E-state index in [1.165, 1.54) is 25.7 Å². The molecule has 4 aliphatic rings. The predicted octanol–water partition coefficient (Wildman–Crippen LogP) is 2.22. The Morgan fingerprint density at radius 2 is 1.83 bits per heavy atom. The molecule has 0 spiro atoms. The van der Waals surface area contributed by atoms with Crippen molar-refractivity contribution in [3.8, 4) is 0 Å². The number of anilines is 1. The summed E-state index contributed by atoms with van der Waals surface area (Å²) in [7, 11) is 0. The molecule has 96 valence electrons. The average molecular weight is 247 g/mol. The van der Waals surface area contributed by atoms with Gasteiger partial charge in [0.15, 0.2) is 0 Å². The Morgan fingerprint density at radius 1 is 1.22 bits per heavy atom. The number of nitrogens with zero attached hydrogens (tertiary/aromatic N) is 2. The van der Waals surface area contributed by atoms with E-state index in [9.17, 15) is 4.79 Å². The van der Waals surface area contributed by atoms with Crippen LogP contribution >= 0.6 is 0 Å². The van der Waals surface area contributed by atoms with Crippen molar-refractivity contribution >= 4 is 11.9 Å². The number of hydrogen-bond donors (Lipinski definition) is 1.